The second-order valence-corrected chi connectivity index (χ2v) is 5.77. The summed E-state index contributed by atoms with van der Waals surface area (Å²) >= 11 is 0. The van der Waals surface area contributed by atoms with E-state index in [1.807, 2.05) is 0 Å². The molecule has 106 valence electrons. The van der Waals surface area contributed by atoms with Gasteiger partial charge in [0.15, 0.2) is 0 Å². The van der Waals surface area contributed by atoms with Crippen molar-refractivity contribution in [3.63, 3.8) is 0 Å². The van der Waals surface area contributed by atoms with Crippen LogP contribution in [0, 0.1) is 6.92 Å². The Morgan fingerprint density at radius 2 is 1.95 bits per heavy atom. The number of hydrogen-bond acceptors (Lipinski definition) is 3. The Morgan fingerprint density at radius 1 is 1.26 bits per heavy atom. The summed E-state index contributed by atoms with van der Waals surface area (Å²) in [6, 6.07) is 9.78. The molecule has 0 aromatic heterocycles. The second kappa shape index (κ2) is 6.40. The lowest BCUT2D eigenvalue weighted by Gasteiger charge is -2.32. The van der Waals surface area contributed by atoms with Crippen LogP contribution in [0.1, 0.15) is 25.3 Å². The van der Waals surface area contributed by atoms with E-state index in [9.17, 15) is 5.11 Å². The molecule has 2 unspecified atom stereocenters. The van der Waals surface area contributed by atoms with E-state index in [1.165, 1.54) is 17.7 Å². The SMILES string of the molecule is Cc1ccc(N2CC(CCO)N(C)CCC2C)cc1. The van der Waals surface area contributed by atoms with Crippen LogP contribution in [-0.4, -0.2) is 48.8 Å². The fraction of sp³-hybridized carbons (Fsp3) is 0.625. The van der Waals surface area contributed by atoms with Crippen molar-refractivity contribution in [2.45, 2.75) is 38.8 Å². The molecule has 0 bridgehead atoms. The van der Waals surface area contributed by atoms with E-state index in [-0.39, 0.29) is 6.61 Å². The van der Waals surface area contributed by atoms with Gasteiger partial charge in [-0.2, -0.15) is 0 Å². The number of aliphatic hydroxyl groups is 1. The lowest BCUT2D eigenvalue weighted by atomic mass is 10.1. The molecule has 1 aliphatic heterocycles. The molecule has 2 atom stereocenters. The number of benzene rings is 1. The van der Waals surface area contributed by atoms with E-state index in [0.717, 1.165) is 19.5 Å². The third kappa shape index (κ3) is 3.48. The van der Waals surface area contributed by atoms with E-state index in [2.05, 4.69) is 55.0 Å². The highest BCUT2D eigenvalue weighted by Gasteiger charge is 2.26. The highest BCUT2D eigenvalue weighted by Crippen LogP contribution is 2.24. The molecule has 19 heavy (non-hydrogen) atoms. The van der Waals surface area contributed by atoms with E-state index in [1.54, 1.807) is 0 Å². The van der Waals surface area contributed by atoms with Gasteiger partial charge in [-0.15, -0.1) is 0 Å². The Morgan fingerprint density at radius 3 is 2.58 bits per heavy atom. The standard InChI is InChI=1S/C16H26N2O/c1-13-4-6-15(7-5-13)18-12-16(9-11-19)17(3)10-8-14(18)2/h4-7,14,16,19H,8-12H2,1-3H3. The van der Waals surface area contributed by atoms with Gasteiger partial charge >= 0.3 is 0 Å². The minimum Gasteiger partial charge on any atom is -0.396 e. The van der Waals surface area contributed by atoms with Gasteiger partial charge in [0.25, 0.3) is 0 Å². The third-order valence-electron chi connectivity index (χ3n) is 4.29. The Labute approximate surface area is 116 Å². The number of aryl methyl sites for hydroxylation is 1. The molecular formula is C16H26N2O. The number of nitrogens with zero attached hydrogens (tertiary/aromatic N) is 2. The fourth-order valence-corrected chi connectivity index (χ4v) is 2.83. The van der Waals surface area contributed by atoms with E-state index in [4.69, 9.17) is 0 Å². The summed E-state index contributed by atoms with van der Waals surface area (Å²) in [5.41, 5.74) is 2.60. The molecule has 1 aromatic rings. The molecule has 0 aliphatic carbocycles. The van der Waals surface area contributed by atoms with Crippen LogP contribution in [0.5, 0.6) is 0 Å². The molecule has 0 spiro atoms. The first-order valence-corrected chi connectivity index (χ1v) is 7.26. The van der Waals surface area contributed by atoms with Crippen LogP contribution >= 0.6 is 0 Å². The van der Waals surface area contributed by atoms with Crippen LogP contribution in [0.15, 0.2) is 24.3 Å². The molecule has 2 rings (SSSR count). The number of hydrogen-bond donors (Lipinski definition) is 1. The molecule has 1 saturated heterocycles. The number of anilines is 1. The van der Waals surface area contributed by atoms with Gasteiger partial charge in [0, 0.05) is 37.5 Å². The Balaban J connectivity index is 2.18. The van der Waals surface area contributed by atoms with Crippen molar-refractivity contribution in [1.82, 2.24) is 4.90 Å². The predicted octanol–water partition coefficient (Wildman–Crippen LogP) is 2.28. The normalized spacial score (nSPS) is 25.4. The average molecular weight is 262 g/mol. The zero-order valence-electron chi connectivity index (χ0n) is 12.3. The first-order chi connectivity index (χ1) is 9.11. The van der Waals surface area contributed by atoms with Gasteiger partial charge in [-0.1, -0.05) is 17.7 Å². The van der Waals surface area contributed by atoms with Crippen LogP contribution < -0.4 is 4.90 Å². The maximum atomic E-state index is 9.24. The zero-order valence-corrected chi connectivity index (χ0v) is 12.3. The van der Waals surface area contributed by atoms with Crippen molar-refractivity contribution in [3.05, 3.63) is 29.8 Å². The van der Waals surface area contributed by atoms with Gasteiger partial charge in [-0.05, 0) is 45.9 Å². The molecule has 0 amide bonds. The smallest absolute Gasteiger partial charge is 0.0446 e. The van der Waals surface area contributed by atoms with Crippen LogP contribution in [-0.2, 0) is 0 Å². The van der Waals surface area contributed by atoms with Gasteiger partial charge in [-0.3, -0.25) is 0 Å². The lowest BCUT2D eigenvalue weighted by Crippen LogP contribution is -2.41. The van der Waals surface area contributed by atoms with Crippen LogP contribution in [0.2, 0.25) is 0 Å². The highest BCUT2D eigenvalue weighted by molar-refractivity contribution is 5.48. The van der Waals surface area contributed by atoms with Crippen molar-refractivity contribution >= 4 is 5.69 Å². The van der Waals surface area contributed by atoms with E-state index >= 15 is 0 Å². The molecule has 3 nitrogen and oxygen atoms in total. The largest absolute Gasteiger partial charge is 0.396 e. The monoisotopic (exact) mass is 262 g/mol. The Hall–Kier alpha value is -1.06. The predicted molar refractivity (Wildman–Crippen MR) is 80.7 cm³/mol. The topological polar surface area (TPSA) is 26.7 Å². The van der Waals surface area contributed by atoms with Crippen molar-refractivity contribution in [2.24, 2.45) is 0 Å². The lowest BCUT2D eigenvalue weighted by molar-refractivity contribution is 0.196. The first-order valence-electron chi connectivity index (χ1n) is 7.26. The first kappa shape index (κ1) is 14.4. The summed E-state index contributed by atoms with van der Waals surface area (Å²) in [6.45, 7) is 6.80. The van der Waals surface area contributed by atoms with Gasteiger partial charge in [0.1, 0.15) is 0 Å². The van der Waals surface area contributed by atoms with Crippen LogP contribution in [0.25, 0.3) is 0 Å². The molecule has 1 aromatic carbocycles. The summed E-state index contributed by atoms with van der Waals surface area (Å²) in [7, 11) is 2.17. The fourth-order valence-electron chi connectivity index (χ4n) is 2.83. The summed E-state index contributed by atoms with van der Waals surface area (Å²) < 4.78 is 0. The summed E-state index contributed by atoms with van der Waals surface area (Å²) in [5, 5.41) is 9.24. The van der Waals surface area contributed by atoms with Crippen LogP contribution in [0.4, 0.5) is 5.69 Å². The van der Waals surface area contributed by atoms with E-state index in [0.29, 0.717) is 12.1 Å². The van der Waals surface area contributed by atoms with Gasteiger partial charge in [-0.25, -0.2) is 0 Å². The summed E-state index contributed by atoms with van der Waals surface area (Å²) in [4.78, 5) is 4.88. The van der Waals surface area contributed by atoms with Crippen LogP contribution in [0.3, 0.4) is 0 Å². The Bertz CT molecular complexity index is 390. The molecule has 1 fully saturated rings. The van der Waals surface area contributed by atoms with Crippen molar-refractivity contribution in [2.75, 3.05) is 31.6 Å². The number of likely N-dealkylation sites (N-methyl/N-ethyl adjacent to an activating group) is 1. The summed E-state index contributed by atoms with van der Waals surface area (Å²) in [6.07, 6.45) is 2.03. The van der Waals surface area contributed by atoms with Gasteiger partial charge in [0.2, 0.25) is 0 Å². The maximum Gasteiger partial charge on any atom is 0.0446 e. The van der Waals surface area contributed by atoms with Gasteiger partial charge in [0.05, 0.1) is 0 Å². The summed E-state index contributed by atoms with van der Waals surface area (Å²) in [5.74, 6) is 0. The highest BCUT2D eigenvalue weighted by atomic mass is 16.3. The second-order valence-electron chi connectivity index (χ2n) is 5.77. The molecule has 1 N–H and O–H groups in total. The number of rotatable bonds is 3. The molecule has 0 saturated carbocycles. The molecular weight excluding hydrogens is 236 g/mol. The van der Waals surface area contributed by atoms with Crippen molar-refractivity contribution in [3.8, 4) is 0 Å². The minimum absolute atomic E-state index is 0.269. The molecule has 1 heterocycles. The Kier molecular flexibility index (Phi) is 4.83. The van der Waals surface area contributed by atoms with Crippen molar-refractivity contribution in [1.29, 1.82) is 0 Å². The van der Waals surface area contributed by atoms with Gasteiger partial charge < -0.3 is 14.9 Å². The zero-order chi connectivity index (χ0) is 13.8. The minimum atomic E-state index is 0.269. The maximum absolute atomic E-state index is 9.24. The number of aliphatic hydroxyl groups excluding tert-OH is 1. The van der Waals surface area contributed by atoms with Crippen molar-refractivity contribution < 1.29 is 5.11 Å². The van der Waals surface area contributed by atoms with E-state index < -0.39 is 0 Å². The third-order valence-corrected chi connectivity index (χ3v) is 4.29. The quantitative estimate of drug-likeness (QED) is 0.905. The molecule has 0 radical (unpaired) electrons. The average Bonchev–Trinajstić information content (AvgIpc) is 2.54. The molecule has 3 heteroatoms. The molecule has 1 aliphatic rings.